The molecule has 0 aromatic heterocycles. The first kappa shape index (κ1) is 19.4. The third-order valence-electron chi connectivity index (χ3n) is 4.64. The van der Waals surface area contributed by atoms with Crippen molar-refractivity contribution < 1.29 is 20.1 Å². The van der Waals surface area contributed by atoms with Gasteiger partial charge in [-0.15, -0.1) is 0 Å². The normalized spacial score (nSPS) is 23.8. The molecule has 0 saturated carbocycles. The molecule has 1 aliphatic heterocycles. The summed E-state index contributed by atoms with van der Waals surface area (Å²) in [5.41, 5.74) is -1.78. The minimum Gasteiger partial charge on any atom is -0.478 e. The lowest BCUT2D eigenvalue weighted by molar-refractivity contribution is -0.178. The first-order valence-electron chi connectivity index (χ1n) is 8.89. The molecule has 1 saturated heterocycles. The summed E-state index contributed by atoms with van der Waals surface area (Å²) in [6, 6.07) is 0. The Labute approximate surface area is 134 Å². The van der Waals surface area contributed by atoms with E-state index in [-0.39, 0.29) is 13.0 Å². The summed E-state index contributed by atoms with van der Waals surface area (Å²) >= 11 is 0. The van der Waals surface area contributed by atoms with E-state index in [1.807, 2.05) is 0 Å². The molecule has 0 bridgehead atoms. The minimum absolute atomic E-state index is 0.243. The van der Waals surface area contributed by atoms with Crippen LogP contribution in [-0.4, -0.2) is 51.1 Å². The van der Waals surface area contributed by atoms with Crippen molar-refractivity contribution in [3.8, 4) is 0 Å². The van der Waals surface area contributed by atoms with Crippen molar-refractivity contribution in [2.75, 3.05) is 13.1 Å². The Kier molecular flexibility index (Phi) is 8.98. The van der Waals surface area contributed by atoms with E-state index in [1.54, 1.807) is 0 Å². The van der Waals surface area contributed by atoms with Crippen molar-refractivity contribution in [2.24, 2.45) is 0 Å². The molecule has 5 heteroatoms. The van der Waals surface area contributed by atoms with Crippen LogP contribution in [0.5, 0.6) is 0 Å². The Hall–Kier alpha value is -0.650. The number of rotatable bonds is 12. The molecule has 1 aliphatic rings. The van der Waals surface area contributed by atoms with E-state index in [0.717, 1.165) is 12.8 Å². The first-order valence-corrected chi connectivity index (χ1v) is 8.89. The maximum atomic E-state index is 11.1. The molecule has 22 heavy (non-hydrogen) atoms. The third-order valence-corrected chi connectivity index (χ3v) is 4.64. The molecule has 1 fully saturated rings. The van der Waals surface area contributed by atoms with Gasteiger partial charge in [0.1, 0.15) is 0 Å². The van der Waals surface area contributed by atoms with E-state index < -0.39 is 17.8 Å². The first-order chi connectivity index (χ1) is 10.5. The lowest BCUT2D eigenvalue weighted by atomic mass is 10.0. The van der Waals surface area contributed by atoms with Crippen LogP contribution in [0.1, 0.15) is 77.6 Å². The van der Waals surface area contributed by atoms with Crippen LogP contribution in [0.15, 0.2) is 0 Å². The topological polar surface area (TPSA) is 81.0 Å². The zero-order valence-electron chi connectivity index (χ0n) is 14.0. The van der Waals surface area contributed by atoms with Crippen molar-refractivity contribution in [3.63, 3.8) is 0 Å². The van der Waals surface area contributed by atoms with Crippen LogP contribution in [0.25, 0.3) is 0 Å². The Bertz CT molecular complexity index is 324. The van der Waals surface area contributed by atoms with Gasteiger partial charge in [0, 0.05) is 19.5 Å². The molecule has 1 heterocycles. The second kappa shape index (κ2) is 10.2. The zero-order valence-corrected chi connectivity index (χ0v) is 14.0. The van der Waals surface area contributed by atoms with Crippen LogP contribution in [0.4, 0.5) is 0 Å². The van der Waals surface area contributed by atoms with Gasteiger partial charge in [-0.3, -0.25) is 4.90 Å². The number of carbonyl (C=O) groups is 1. The van der Waals surface area contributed by atoms with Gasteiger partial charge in [0.2, 0.25) is 5.72 Å². The van der Waals surface area contributed by atoms with Crippen molar-refractivity contribution in [1.82, 2.24) is 4.90 Å². The number of β-amino-alcohol motifs (C(OH)–C–C–N with tert-alkyl or cyclic N) is 1. The number of carboxylic acid groups (broad SMARTS) is 1. The number of nitrogens with zero attached hydrogens (tertiary/aromatic N) is 1. The van der Waals surface area contributed by atoms with Crippen molar-refractivity contribution in [3.05, 3.63) is 0 Å². The van der Waals surface area contributed by atoms with Crippen LogP contribution < -0.4 is 0 Å². The van der Waals surface area contributed by atoms with E-state index in [2.05, 4.69) is 6.92 Å². The lowest BCUT2D eigenvalue weighted by Gasteiger charge is -2.31. The van der Waals surface area contributed by atoms with Crippen LogP contribution in [0.2, 0.25) is 0 Å². The maximum Gasteiger partial charge on any atom is 0.351 e. The van der Waals surface area contributed by atoms with E-state index in [0.29, 0.717) is 19.4 Å². The molecule has 0 aromatic rings. The highest BCUT2D eigenvalue weighted by Crippen LogP contribution is 2.27. The standard InChI is InChI=1S/C17H33NO4/c1-2-3-4-5-6-7-8-9-11-15(19)14-18-13-10-12-17(18,22)16(20)21/h15,19,22H,2-14H2,1H3,(H,20,21)/t15?,17-/m1/s1. The molecule has 5 nitrogen and oxygen atoms in total. The molecule has 0 aromatic carbocycles. The summed E-state index contributed by atoms with van der Waals surface area (Å²) < 4.78 is 0. The van der Waals surface area contributed by atoms with Gasteiger partial charge in [-0.1, -0.05) is 58.3 Å². The molecule has 0 radical (unpaired) electrons. The molecule has 3 N–H and O–H groups in total. The van der Waals surface area contributed by atoms with Gasteiger partial charge in [-0.2, -0.15) is 0 Å². The van der Waals surface area contributed by atoms with Gasteiger partial charge in [-0.05, 0) is 12.8 Å². The molecule has 0 amide bonds. The van der Waals surface area contributed by atoms with Gasteiger partial charge in [0.25, 0.3) is 0 Å². The van der Waals surface area contributed by atoms with Gasteiger partial charge in [0.05, 0.1) is 6.10 Å². The summed E-state index contributed by atoms with van der Waals surface area (Å²) in [6.45, 7) is 3.00. The molecule has 0 aliphatic carbocycles. The Morgan fingerprint density at radius 3 is 2.32 bits per heavy atom. The highest BCUT2D eigenvalue weighted by atomic mass is 16.4. The van der Waals surface area contributed by atoms with Crippen LogP contribution in [0, 0.1) is 0 Å². The van der Waals surface area contributed by atoms with Gasteiger partial charge >= 0.3 is 5.97 Å². The van der Waals surface area contributed by atoms with Gasteiger partial charge < -0.3 is 15.3 Å². The van der Waals surface area contributed by atoms with Crippen molar-refractivity contribution in [1.29, 1.82) is 0 Å². The predicted molar refractivity (Wildman–Crippen MR) is 86.6 cm³/mol. The third kappa shape index (κ3) is 6.23. The number of aliphatic carboxylic acids is 1. The summed E-state index contributed by atoms with van der Waals surface area (Å²) in [6.07, 6.45) is 10.8. The fourth-order valence-corrected chi connectivity index (χ4v) is 3.20. The summed E-state index contributed by atoms with van der Waals surface area (Å²) in [5, 5.41) is 29.3. The quantitative estimate of drug-likeness (QED) is 0.483. The molecule has 0 spiro atoms. The number of aliphatic hydroxyl groups excluding tert-OH is 1. The van der Waals surface area contributed by atoms with Crippen molar-refractivity contribution >= 4 is 5.97 Å². The molecule has 1 rings (SSSR count). The fourth-order valence-electron chi connectivity index (χ4n) is 3.20. The predicted octanol–water partition coefficient (Wildman–Crippen LogP) is 2.75. The fraction of sp³-hybridized carbons (Fsp3) is 0.941. The Morgan fingerprint density at radius 2 is 1.73 bits per heavy atom. The number of likely N-dealkylation sites (tertiary alicyclic amines) is 1. The maximum absolute atomic E-state index is 11.1. The molecule has 1 unspecified atom stereocenters. The largest absolute Gasteiger partial charge is 0.478 e. The lowest BCUT2D eigenvalue weighted by Crippen LogP contribution is -2.52. The Balaban J connectivity index is 2.11. The minimum atomic E-state index is -1.78. The number of carboxylic acids is 1. The summed E-state index contributed by atoms with van der Waals surface area (Å²) in [5.74, 6) is -1.20. The molecule has 130 valence electrons. The highest BCUT2D eigenvalue weighted by molar-refractivity contribution is 5.76. The average molecular weight is 315 g/mol. The smallest absolute Gasteiger partial charge is 0.351 e. The van der Waals surface area contributed by atoms with Gasteiger partial charge in [0.15, 0.2) is 0 Å². The second-order valence-corrected chi connectivity index (χ2v) is 6.59. The Morgan fingerprint density at radius 1 is 1.14 bits per heavy atom. The second-order valence-electron chi connectivity index (χ2n) is 6.59. The van der Waals surface area contributed by atoms with E-state index in [4.69, 9.17) is 5.11 Å². The highest BCUT2D eigenvalue weighted by Gasteiger charge is 2.46. The van der Waals surface area contributed by atoms with Crippen LogP contribution in [-0.2, 0) is 4.79 Å². The van der Waals surface area contributed by atoms with Gasteiger partial charge in [-0.25, -0.2) is 4.79 Å². The number of hydrogen-bond acceptors (Lipinski definition) is 4. The number of unbranched alkanes of at least 4 members (excludes halogenated alkanes) is 7. The monoisotopic (exact) mass is 315 g/mol. The van der Waals surface area contributed by atoms with E-state index in [9.17, 15) is 15.0 Å². The summed E-state index contributed by atoms with van der Waals surface area (Å²) in [4.78, 5) is 12.7. The van der Waals surface area contributed by atoms with Crippen LogP contribution >= 0.6 is 0 Å². The molecule has 2 atom stereocenters. The number of aliphatic hydroxyl groups is 2. The average Bonchev–Trinajstić information content (AvgIpc) is 2.84. The van der Waals surface area contributed by atoms with E-state index >= 15 is 0 Å². The molecular formula is C17H33NO4. The van der Waals surface area contributed by atoms with E-state index in [1.165, 1.54) is 43.4 Å². The van der Waals surface area contributed by atoms with Crippen LogP contribution in [0.3, 0.4) is 0 Å². The number of hydrogen-bond donors (Lipinski definition) is 3. The molecular weight excluding hydrogens is 282 g/mol. The SMILES string of the molecule is CCCCCCCCCCC(O)CN1CCC[C@@]1(O)C(=O)O. The zero-order chi connectivity index (χ0) is 16.4. The summed E-state index contributed by atoms with van der Waals surface area (Å²) in [7, 11) is 0. The van der Waals surface area contributed by atoms with Crippen molar-refractivity contribution in [2.45, 2.75) is 89.4 Å².